The van der Waals surface area contributed by atoms with Crippen LogP contribution < -0.4 is 77.1 Å². The maximum Gasteiger partial charge on any atom is 1.00 e. The van der Waals surface area contributed by atoms with Crippen molar-refractivity contribution in [2.45, 2.75) is 163 Å². The second-order valence-electron chi connectivity index (χ2n) is 25.7. The molecule has 0 unspecified atom stereocenters. The maximum atomic E-state index is 13.9. The minimum absolute atomic E-state index is 0. The summed E-state index contributed by atoms with van der Waals surface area (Å²) in [7, 11) is 6.67. The summed E-state index contributed by atoms with van der Waals surface area (Å²) in [6.07, 6.45) is 7.63. The molecule has 24 nitrogen and oxygen atoms in total. The molecule has 0 bridgehead atoms. The Balaban J connectivity index is 0.000000316. The molecule has 26 heteroatoms. The molecule has 8 heterocycles. The van der Waals surface area contributed by atoms with E-state index >= 15 is 0 Å². The minimum Gasteiger partial charge on any atom is -0.631 e. The van der Waals surface area contributed by atoms with Crippen molar-refractivity contribution in [2.75, 3.05) is 93.2 Å². The van der Waals surface area contributed by atoms with Gasteiger partial charge in [-0.15, -0.1) is 0 Å². The van der Waals surface area contributed by atoms with Crippen molar-refractivity contribution in [1.82, 2.24) is 30.8 Å². The van der Waals surface area contributed by atoms with Crippen LogP contribution in [-0.2, 0) is 71.7 Å². The second-order valence-corrected chi connectivity index (χ2v) is 25.7. The van der Waals surface area contributed by atoms with Gasteiger partial charge in [0.25, 0.3) is 22.9 Å². The Morgan fingerprint density at radius 1 is 0.544 bits per heavy atom. The quantitative estimate of drug-likeness (QED) is 0.0636. The molecule has 0 saturated carbocycles. The molecule has 4 amide bonds. The molecule has 12 rings (SSSR count). The Kier molecular flexibility index (Phi) is 33.3. The molecular weight excluding hydrogens is 1320 g/mol. The van der Waals surface area contributed by atoms with Crippen LogP contribution in [0.15, 0.2) is 82.4 Å². The number of nitrogens with one attached hydrogen (secondary N) is 7. The number of aryl methyl sites for hydroxylation is 4. The number of H-pyrrole nitrogens is 2. The van der Waals surface area contributed by atoms with Crippen molar-refractivity contribution < 1.29 is 87.0 Å². The summed E-state index contributed by atoms with van der Waals surface area (Å²) in [6.45, 7) is 29.6. The molecule has 103 heavy (non-hydrogen) atoms. The van der Waals surface area contributed by atoms with Crippen LogP contribution in [0.4, 0.5) is 22.7 Å². The largest absolute Gasteiger partial charge is 1.00 e. The van der Waals surface area contributed by atoms with Gasteiger partial charge in [-0.25, -0.2) is 0 Å². The number of carbonyl (C=O) groups is 4. The van der Waals surface area contributed by atoms with Crippen LogP contribution in [0.25, 0.3) is 22.3 Å². The number of aromatic nitrogens is 2. The van der Waals surface area contributed by atoms with Gasteiger partial charge in [0.1, 0.15) is 0 Å². The molecule has 2 spiro atoms. The Labute approximate surface area is 626 Å². The Bertz CT molecular complexity index is 4140. The number of rotatable bonds is 14. The summed E-state index contributed by atoms with van der Waals surface area (Å²) in [5, 5.41) is 15.8. The fraction of sp³-hybridized carbons (Fsp3) is 0.468. The number of likely N-dealkylation sites (tertiary alicyclic amines) is 1. The monoisotopic (exact) mass is 1420 g/mol. The zero-order valence-corrected chi connectivity index (χ0v) is 63.9. The van der Waals surface area contributed by atoms with E-state index < -0.39 is 10.8 Å². The van der Waals surface area contributed by atoms with Gasteiger partial charge >= 0.3 is 48.0 Å². The smallest absolute Gasteiger partial charge is 0.631 e. The van der Waals surface area contributed by atoms with Crippen LogP contribution in [-0.4, -0.2) is 150 Å². The van der Waals surface area contributed by atoms with E-state index in [9.17, 15) is 28.8 Å². The van der Waals surface area contributed by atoms with E-state index in [2.05, 4.69) is 122 Å². The van der Waals surface area contributed by atoms with Gasteiger partial charge in [-0.05, 0) is 244 Å². The zero-order valence-electron chi connectivity index (χ0n) is 61.9. The SMILES string of the molecule is CC.CCN(c1cc(-c2ccc3c(c2)NC(=O)C32CCOCC2)cc(C(=O)NCc2c(C)cc(C)[nH]c2=O)c1C)C1CCN(C)CC1.CCN(c1cc(-c2ccc3c(c2)NC(=O)C32CCOCC2)cc(C(=O)NCc2c(C)cc(C)[nH]c2=O)c1C)C1CCNCC1.O=C=O.O=C=O.O=C=O.[B-]C.[Na+]. The maximum absolute atomic E-state index is 13.9. The first kappa shape index (κ1) is 85.0. The number of benzene rings is 4. The molecule has 4 aromatic carbocycles. The third-order valence-corrected chi connectivity index (χ3v) is 20.1. The zero-order chi connectivity index (χ0) is 75.0. The summed E-state index contributed by atoms with van der Waals surface area (Å²) in [5.74, 6) is -0.350. The number of piperidine rings is 2. The van der Waals surface area contributed by atoms with Crippen molar-refractivity contribution in [2.24, 2.45) is 0 Å². The molecule has 6 aliphatic rings. The van der Waals surface area contributed by atoms with Gasteiger partial charge in [0, 0.05) is 121 Å². The van der Waals surface area contributed by atoms with Gasteiger partial charge in [0.05, 0.1) is 10.8 Å². The molecule has 3 radical (unpaired) electrons. The number of aromatic amines is 2. The van der Waals surface area contributed by atoms with Crippen molar-refractivity contribution in [3.8, 4) is 22.3 Å². The number of fused-ring (bicyclic) bond motifs is 4. The Morgan fingerprint density at radius 3 is 1.23 bits per heavy atom. The van der Waals surface area contributed by atoms with E-state index in [1.165, 1.54) is 6.82 Å². The fourth-order valence-electron chi connectivity index (χ4n) is 14.9. The molecule has 0 aliphatic carbocycles. The van der Waals surface area contributed by atoms with Crippen LogP contribution in [0.5, 0.6) is 0 Å². The standard InChI is InChI=1S/C36H45N5O4.C35H43N5O4.C2H6.CH3B.3CO2.Na/c1-6-41(27-9-13-40(5)14-10-27)32-20-26(25-7-8-30-31(19-25)39-35(44)36(30)11-15-45-16-12-36)18-28(24(32)4)33(42)37-21-29-22(2)17-23(3)38-34(29)43;1-5-40(26-8-12-36-13-9-26)31-19-25(24-6-7-29-30(18-24)39-34(43)35(29)10-14-44-15-11-35)17-27(23(31)4)32(41)37-20-28-21(2)16-22(3)38-33(28)42;2*1-2;3*2-1-3;/h7-8,17-20,27H,6,9-16,21H2,1-5H3,(H,37,42)(H,38,43)(H,39,44);6-7,16-19,26,36H,5,8-15,20H2,1-4H3,(H,37,41)(H,38,42)(H,39,43);1-2H3;1H3;;;;/q;;;-1;;;;+1. The molecule has 4 fully saturated rings. The second kappa shape index (κ2) is 40.4. The van der Waals surface area contributed by atoms with E-state index in [-0.39, 0.29) is 95.8 Å². The number of nitrogens with zero attached hydrogens (tertiary/aromatic N) is 3. The van der Waals surface area contributed by atoms with Gasteiger partial charge in [0.2, 0.25) is 11.8 Å². The van der Waals surface area contributed by atoms with Gasteiger partial charge in [-0.2, -0.15) is 28.8 Å². The topological polar surface area (TPSA) is 325 Å². The van der Waals surface area contributed by atoms with E-state index in [1.54, 1.807) is 0 Å². The first-order valence-electron chi connectivity index (χ1n) is 34.9. The summed E-state index contributed by atoms with van der Waals surface area (Å²) in [6, 6.07) is 25.3. The van der Waals surface area contributed by atoms with Crippen LogP contribution in [0.1, 0.15) is 156 Å². The van der Waals surface area contributed by atoms with Gasteiger partial charge < -0.3 is 68.6 Å². The number of ether oxygens (including phenoxy) is 2. The number of pyridine rings is 2. The van der Waals surface area contributed by atoms with Crippen LogP contribution >= 0.6 is 0 Å². The van der Waals surface area contributed by atoms with E-state index in [0.29, 0.717) is 86.4 Å². The Morgan fingerprint density at radius 2 is 0.893 bits per heavy atom. The normalized spacial score (nSPS) is 15.9. The minimum atomic E-state index is -0.533. The van der Waals surface area contributed by atoms with Gasteiger partial charge in [0.15, 0.2) is 0 Å². The van der Waals surface area contributed by atoms with Gasteiger partial charge in [-0.3, -0.25) is 35.6 Å². The van der Waals surface area contributed by atoms with Crippen molar-refractivity contribution in [3.63, 3.8) is 0 Å². The molecule has 2 aromatic heterocycles. The van der Waals surface area contributed by atoms with Crippen molar-refractivity contribution in [1.29, 1.82) is 0 Å². The number of anilines is 4. The van der Waals surface area contributed by atoms with E-state index in [1.807, 2.05) is 85.7 Å². The van der Waals surface area contributed by atoms with Gasteiger partial charge in [-0.1, -0.05) is 38.1 Å². The third kappa shape index (κ3) is 20.0. The van der Waals surface area contributed by atoms with E-state index in [0.717, 1.165) is 155 Å². The predicted molar refractivity (Wildman–Crippen MR) is 390 cm³/mol. The van der Waals surface area contributed by atoms with Crippen LogP contribution in [0.3, 0.4) is 0 Å². The number of carbonyl (C=O) groups excluding carboxylic acids is 10. The van der Waals surface area contributed by atoms with Crippen molar-refractivity contribution in [3.05, 3.63) is 161 Å². The summed E-state index contributed by atoms with van der Waals surface area (Å²) < 4.78 is 11.2. The fourth-order valence-corrected chi connectivity index (χ4v) is 14.9. The molecule has 7 N–H and O–H groups in total. The third-order valence-electron chi connectivity index (χ3n) is 20.1. The molecule has 0 atom stereocenters. The molecule has 6 aliphatic heterocycles. The molecular formula is C77H97BN10NaO14. The average Bonchev–Trinajstić information content (AvgIpc) is 1.62. The van der Waals surface area contributed by atoms with E-state index in [4.69, 9.17) is 38.2 Å². The predicted octanol–water partition coefficient (Wildman–Crippen LogP) is 5.78. The molecule has 4 saturated heterocycles. The van der Waals surface area contributed by atoms with Crippen LogP contribution in [0, 0.1) is 41.5 Å². The first-order valence-corrected chi connectivity index (χ1v) is 34.9. The number of hydrogen-bond acceptors (Lipinski definition) is 18. The van der Waals surface area contributed by atoms with Crippen LogP contribution in [0.2, 0.25) is 6.82 Å². The summed E-state index contributed by atoms with van der Waals surface area (Å²) >= 11 is 0. The number of amides is 4. The van der Waals surface area contributed by atoms with Crippen molar-refractivity contribution >= 4 is 72.7 Å². The summed E-state index contributed by atoms with van der Waals surface area (Å²) in [4.78, 5) is 141. The summed E-state index contributed by atoms with van der Waals surface area (Å²) in [5.41, 5.74) is 15.5. The average molecular weight is 1420 g/mol. The Hall–Kier alpha value is -8.70. The molecule has 543 valence electrons. The molecule has 6 aromatic rings. The number of hydrogen-bond donors (Lipinski definition) is 7. The first-order chi connectivity index (χ1) is 49.1.